The van der Waals surface area contributed by atoms with Crippen LogP contribution in [0.3, 0.4) is 0 Å². The lowest BCUT2D eigenvalue weighted by atomic mass is 10.4. The first-order chi connectivity index (χ1) is 6.43. The summed E-state index contributed by atoms with van der Waals surface area (Å²) in [6, 6.07) is 0. The lowest BCUT2D eigenvalue weighted by Crippen LogP contribution is -2.28. The summed E-state index contributed by atoms with van der Waals surface area (Å²) < 4.78 is 0. The molecule has 0 aliphatic rings. The molecule has 0 radical (unpaired) electrons. The Morgan fingerprint density at radius 2 is 2.15 bits per heavy atom. The Hall–Kier alpha value is -0.450. The molecule has 1 heterocycles. The van der Waals surface area contributed by atoms with Crippen molar-refractivity contribution in [1.82, 2.24) is 15.6 Å². The highest BCUT2D eigenvalue weighted by molar-refractivity contribution is 7.09. The molecule has 0 aliphatic heterocycles. The minimum atomic E-state index is 1.03. The lowest BCUT2D eigenvalue weighted by Gasteiger charge is -2.03. The zero-order chi connectivity index (χ0) is 9.36. The first-order valence-corrected chi connectivity index (χ1v) is 5.61. The molecule has 2 N–H and O–H groups in total. The Kier molecular flexibility index (Phi) is 5.73. The van der Waals surface area contributed by atoms with Crippen molar-refractivity contribution < 1.29 is 0 Å². The van der Waals surface area contributed by atoms with Crippen LogP contribution in [0.25, 0.3) is 0 Å². The molecule has 0 aliphatic carbocycles. The lowest BCUT2D eigenvalue weighted by molar-refractivity contribution is 0.624. The van der Waals surface area contributed by atoms with E-state index >= 15 is 0 Å². The van der Waals surface area contributed by atoms with Crippen LogP contribution < -0.4 is 10.6 Å². The van der Waals surface area contributed by atoms with Crippen molar-refractivity contribution in [2.75, 3.05) is 26.2 Å². The highest BCUT2D eigenvalue weighted by Gasteiger charge is 1.93. The standard InChI is InChI=1S/C9H17N3S/c1-2-10-5-6-11-4-3-9-12-7-8-13-9/h7-8,10-11H,2-6H2,1H3. The maximum Gasteiger partial charge on any atom is 0.0937 e. The molecule has 4 heteroatoms. The monoisotopic (exact) mass is 199 g/mol. The molecule has 1 rings (SSSR count). The fraction of sp³-hybridized carbons (Fsp3) is 0.667. The van der Waals surface area contributed by atoms with Crippen LogP contribution in [0.1, 0.15) is 11.9 Å². The van der Waals surface area contributed by atoms with Crippen molar-refractivity contribution >= 4 is 11.3 Å². The second-order valence-electron chi connectivity index (χ2n) is 2.78. The topological polar surface area (TPSA) is 37.0 Å². The number of thiazole rings is 1. The van der Waals surface area contributed by atoms with Crippen molar-refractivity contribution in [3.05, 3.63) is 16.6 Å². The van der Waals surface area contributed by atoms with Crippen LogP contribution in [0.4, 0.5) is 0 Å². The Labute approximate surface area is 83.6 Å². The first-order valence-electron chi connectivity index (χ1n) is 4.73. The average Bonchev–Trinajstić information content (AvgIpc) is 2.63. The fourth-order valence-corrected chi connectivity index (χ4v) is 1.67. The summed E-state index contributed by atoms with van der Waals surface area (Å²) >= 11 is 1.72. The van der Waals surface area contributed by atoms with Crippen LogP contribution in [0.5, 0.6) is 0 Å². The van der Waals surface area contributed by atoms with Crippen molar-refractivity contribution in [3.63, 3.8) is 0 Å². The molecule has 0 spiro atoms. The maximum atomic E-state index is 4.21. The Morgan fingerprint density at radius 1 is 1.31 bits per heavy atom. The Bertz CT molecular complexity index is 199. The van der Waals surface area contributed by atoms with Gasteiger partial charge >= 0.3 is 0 Å². The van der Waals surface area contributed by atoms with Crippen LogP contribution >= 0.6 is 11.3 Å². The van der Waals surface area contributed by atoms with Crippen LogP contribution in [0, 0.1) is 0 Å². The van der Waals surface area contributed by atoms with Crippen molar-refractivity contribution in [1.29, 1.82) is 0 Å². The van der Waals surface area contributed by atoms with E-state index in [1.54, 1.807) is 11.3 Å². The van der Waals surface area contributed by atoms with Gasteiger partial charge in [0.1, 0.15) is 0 Å². The number of hydrogen-bond acceptors (Lipinski definition) is 4. The minimum absolute atomic E-state index is 1.03. The van der Waals surface area contributed by atoms with Gasteiger partial charge in [0.25, 0.3) is 0 Å². The Morgan fingerprint density at radius 3 is 2.85 bits per heavy atom. The molecule has 13 heavy (non-hydrogen) atoms. The van der Waals surface area contributed by atoms with E-state index in [0.29, 0.717) is 0 Å². The SMILES string of the molecule is CCNCCNCCc1nccs1. The molecule has 0 saturated heterocycles. The van der Waals surface area contributed by atoms with E-state index < -0.39 is 0 Å². The van der Waals surface area contributed by atoms with Gasteiger partial charge in [-0.3, -0.25) is 0 Å². The van der Waals surface area contributed by atoms with Gasteiger partial charge in [0, 0.05) is 37.6 Å². The van der Waals surface area contributed by atoms with E-state index in [4.69, 9.17) is 0 Å². The summed E-state index contributed by atoms with van der Waals surface area (Å²) in [4.78, 5) is 4.21. The van der Waals surface area contributed by atoms with Gasteiger partial charge in [-0.05, 0) is 6.54 Å². The molecule has 0 unspecified atom stereocenters. The second kappa shape index (κ2) is 7.00. The molecule has 1 aromatic heterocycles. The molecule has 0 bridgehead atoms. The summed E-state index contributed by atoms with van der Waals surface area (Å²) in [5.74, 6) is 0. The van der Waals surface area contributed by atoms with Gasteiger partial charge in [0.15, 0.2) is 0 Å². The molecule has 0 amide bonds. The summed E-state index contributed by atoms with van der Waals surface area (Å²) in [5.41, 5.74) is 0. The fourth-order valence-electron chi connectivity index (χ4n) is 1.05. The quantitative estimate of drug-likeness (QED) is 0.640. The van der Waals surface area contributed by atoms with E-state index in [9.17, 15) is 0 Å². The molecule has 1 aromatic rings. The second-order valence-corrected chi connectivity index (χ2v) is 3.76. The van der Waals surface area contributed by atoms with Crippen molar-refractivity contribution in [2.45, 2.75) is 13.3 Å². The molecule has 0 fully saturated rings. The minimum Gasteiger partial charge on any atom is -0.316 e. The van der Waals surface area contributed by atoms with Gasteiger partial charge < -0.3 is 10.6 Å². The number of hydrogen-bond donors (Lipinski definition) is 2. The van der Waals surface area contributed by atoms with Gasteiger partial charge in [0.05, 0.1) is 5.01 Å². The zero-order valence-corrected chi connectivity index (χ0v) is 8.86. The molecule has 74 valence electrons. The predicted octanol–water partition coefficient (Wildman–Crippen LogP) is 0.885. The van der Waals surface area contributed by atoms with Crippen molar-refractivity contribution in [3.8, 4) is 0 Å². The Balaban J connectivity index is 1.90. The van der Waals surface area contributed by atoms with Crippen LogP contribution in [0.15, 0.2) is 11.6 Å². The molecule has 0 saturated carbocycles. The molecule has 0 aromatic carbocycles. The third-order valence-electron chi connectivity index (χ3n) is 1.73. The molecular weight excluding hydrogens is 182 g/mol. The van der Waals surface area contributed by atoms with Crippen LogP contribution in [0.2, 0.25) is 0 Å². The molecule has 3 nitrogen and oxygen atoms in total. The van der Waals surface area contributed by atoms with Gasteiger partial charge in [-0.15, -0.1) is 11.3 Å². The number of aromatic nitrogens is 1. The third kappa shape index (κ3) is 4.98. The number of nitrogens with zero attached hydrogens (tertiary/aromatic N) is 1. The first kappa shape index (κ1) is 10.6. The molecular formula is C9H17N3S. The predicted molar refractivity (Wildman–Crippen MR) is 57.2 cm³/mol. The number of nitrogens with one attached hydrogen (secondary N) is 2. The number of likely N-dealkylation sites (N-methyl/N-ethyl adjacent to an activating group) is 1. The van der Waals surface area contributed by atoms with Gasteiger partial charge in [-0.25, -0.2) is 4.98 Å². The van der Waals surface area contributed by atoms with Crippen LogP contribution in [-0.2, 0) is 6.42 Å². The zero-order valence-electron chi connectivity index (χ0n) is 8.05. The third-order valence-corrected chi connectivity index (χ3v) is 2.57. The molecule has 0 atom stereocenters. The average molecular weight is 199 g/mol. The van der Waals surface area contributed by atoms with E-state index in [1.165, 1.54) is 5.01 Å². The van der Waals surface area contributed by atoms with Gasteiger partial charge in [-0.2, -0.15) is 0 Å². The van der Waals surface area contributed by atoms with Crippen molar-refractivity contribution in [2.24, 2.45) is 0 Å². The normalized spacial score (nSPS) is 10.5. The van der Waals surface area contributed by atoms with Gasteiger partial charge in [0.2, 0.25) is 0 Å². The van der Waals surface area contributed by atoms with E-state index in [2.05, 4.69) is 22.5 Å². The van der Waals surface area contributed by atoms with Gasteiger partial charge in [-0.1, -0.05) is 6.92 Å². The summed E-state index contributed by atoms with van der Waals surface area (Å²) in [5, 5.41) is 9.87. The van der Waals surface area contributed by atoms with E-state index in [0.717, 1.165) is 32.6 Å². The summed E-state index contributed by atoms with van der Waals surface area (Å²) in [6.45, 7) is 6.29. The summed E-state index contributed by atoms with van der Waals surface area (Å²) in [6.07, 6.45) is 2.91. The smallest absolute Gasteiger partial charge is 0.0937 e. The maximum absolute atomic E-state index is 4.21. The largest absolute Gasteiger partial charge is 0.316 e. The summed E-state index contributed by atoms with van der Waals surface area (Å²) in [7, 11) is 0. The van der Waals surface area contributed by atoms with Crippen LogP contribution in [-0.4, -0.2) is 31.2 Å². The van der Waals surface area contributed by atoms with E-state index in [1.807, 2.05) is 11.6 Å². The highest BCUT2D eigenvalue weighted by atomic mass is 32.1. The van der Waals surface area contributed by atoms with E-state index in [-0.39, 0.29) is 0 Å². The highest BCUT2D eigenvalue weighted by Crippen LogP contribution is 2.02. The number of rotatable bonds is 7.